The molecule has 0 radical (unpaired) electrons. The summed E-state index contributed by atoms with van der Waals surface area (Å²) in [5.74, 6) is -0.0800. The van der Waals surface area contributed by atoms with E-state index in [1.165, 1.54) is 0 Å². The van der Waals surface area contributed by atoms with Crippen LogP contribution < -0.4 is 11.1 Å². The summed E-state index contributed by atoms with van der Waals surface area (Å²) in [5.41, 5.74) is 5.59. The number of amides is 1. The van der Waals surface area contributed by atoms with E-state index in [4.69, 9.17) is 40.5 Å². The van der Waals surface area contributed by atoms with Crippen molar-refractivity contribution in [3.05, 3.63) is 70.7 Å². The number of alkyl halides is 2. The molecule has 5 nitrogen and oxygen atoms in total. The number of benzene rings is 2. The summed E-state index contributed by atoms with van der Waals surface area (Å²) in [6, 6.07) is 15.6. The highest BCUT2D eigenvalue weighted by atomic mass is 35.5. The van der Waals surface area contributed by atoms with Gasteiger partial charge < -0.3 is 11.1 Å². The van der Waals surface area contributed by atoms with Gasteiger partial charge in [-0.25, -0.2) is 9.98 Å². The minimum atomic E-state index is -1.54. The van der Waals surface area contributed by atoms with E-state index in [1.807, 2.05) is 30.3 Å². The van der Waals surface area contributed by atoms with Gasteiger partial charge in [-0.2, -0.15) is 0 Å². The second-order valence-electron chi connectivity index (χ2n) is 5.33. The van der Waals surface area contributed by atoms with Crippen molar-refractivity contribution in [1.82, 2.24) is 5.32 Å². The van der Waals surface area contributed by atoms with Gasteiger partial charge in [0.1, 0.15) is 0 Å². The summed E-state index contributed by atoms with van der Waals surface area (Å²) in [5, 5.41) is 3.21. The Morgan fingerprint density at radius 2 is 1.72 bits per heavy atom. The van der Waals surface area contributed by atoms with Gasteiger partial charge in [-0.05, 0) is 24.3 Å². The molecule has 2 aromatic rings. The number of nitrogens with one attached hydrogen (secondary N) is 1. The number of halogens is 3. The molecule has 3 rings (SSSR count). The fourth-order valence-electron chi connectivity index (χ4n) is 2.32. The van der Waals surface area contributed by atoms with Crippen LogP contribution in [-0.2, 0) is 0 Å². The molecule has 3 N–H and O–H groups in total. The van der Waals surface area contributed by atoms with Crippen molar-refractivity contribution in [2.24, 2.45) is 15.7 Å². The minimum absolute atomic E-state index is 0.0173. The minimum Gasteiger partial charge on any atom is -0.383 e. The van der Waals surface area contributed by atoms with Gasteiger partial charge in [-0.1, -0.05) is 65.1 Å². The maximum absolute atomic E-state index is 12.6. The molecule has 1 aliphatic rings. The molecular weight excluding hydrogens is 383 g/mol. The highest BCUT2D eigenvalue weighted by molar-refractivity contribution is 6.47. The van der Waals surface area contributed by atoms with Gasteiger partial charge in [-0.3, -0.25) is 4.79 Å². The molecule has 0 aromatic heterocycles. The van der Waals surface area contributed by atoms with Gasteiger partial charge in [0.15, 0.2) is 16.5 Å². The van der Waals surface area contributed by atoms with Crippen molar-refractivity contribution in [3.8, 4) is 0 Å². The summed E-state index contributed by atoms with van der Waals surface area (Å²) < 4.78 is 0. The standard InChI is InChI=1S/C17H13Cl3N4O/c18-12-8-6-11(7-9-12)14(25)24-17(15(19)20)16(21)22-13(23-17)10-4-2-1-3-5-10/h1-9,15H,(H,24,25)(H2,21,22,23). The fourth-order valence-corrected chi connectivity index (χ4v) is 2.87. The topological polar surface area (TPSA) is 79.8 Å². The highest BCUT2D eigenvalue weighted by Crippen LogP contribution is 2.29. The molecule has 0 fully saturated rings. The van der Waals surface area contributed by atoms with Crippen LogP contribution in [0.1, 0.15) is 15.9 Å². The molecular formula is C17H13Cl3N4O. The van der Waals surface area contributed by atoms with Crippen LogP contribution in [-0.4, -0.2) is 28.1 Å². The van der Waals surface area contributed by atoms with Gasteiger partial charge in [0.2, 0.25) is 5.66 Å². The lowest BCUT2D eigenvalue weighted by Gasteiger charge is -2.28. The Kier molecular flexibility index (Phi) is 4.99. The Hall–Kier alpha value is -2.08. The Morgan fingerprint density at radius 3 is 2.32 bits per heavy atom. The first kappa shape index (κ1) is 17.7. The molecule has 0 spiro atoms. The summed E-state index contributed by atoms with van der Waals surface area (Å²) in [6.45, 7) is 0. The third-order valence-corrected chi connectivity index (χ3v) is 4.54. The van der Waals surface area contributed by atoms with Crippen molar-refractivity contribution in [2.45, 2.75) is 10.5 Å². The quantitative estimate of drug-likeness (QED) is 0.778. The maximum Gasteiger partial charge on any atom is 0.253 e. The summed E-state index contributed by atoms with van der Waals surface area (Å²) in [7, 11) is 0. The molecule has 0 aliphatic carbocycles. The second-order valence-corrected chi connectivity index (χ2v) is 6.86. The molecule has 0 bridgehead atoms. The fraction of sp³-hybridized carbons (Fsp3) is 0.118. The maximum atomic E-state index is 12.6. The number of rotatable bonds is 4. The first-order valence-electron chi connectivity index (χ1n) is 7.28. The van der Waals surface area contributed by atoms with E-state index in [-0.39, 0.29) is 5.84 Å². The van der Waals surface area contributed by atoms with Gasteiger partial charge in [0, 0.05) is 16.1 Å². The third-order valence-electron chi connectivity index (χ3n) is 3.66. The smallest absolute Gasteiger partial charge is 0.253 e. The average molecular weight is 396 g/mol. The lowest BCUT2D eigenvalue weighted by molar-refractivity contribution is 0.0928. The molecule has 2 aromatic carbocycles. The molecule has 1 aliphatic heterocycles. The van der Waals surface area contributed by atoms with Crippen LogP contribution >= 0.6 is 34.8 Å². The number of hydrogen-bond acceptors (Lipinski definition) is 4. The predicted octanol–water partition coefficient (Wildman–Crippen LogP) is 3.39. The van der Waals surface area contributed by atoms with E-state index in [9.17, 15) is 4.79 Å². The van der Waals surface area contributed by atoms with Crippen molar-refractivity contribution in [3.63, 3.8) is 0 Å². The lowest BCUT2D eigenvalue weighted by atomic mass is 10.1. The van der Waals surface area contributed by atoms with Crippen LogP contribution in [0, 0.1) is 0 Å². The van der Waals surface area contributed by atoms with E-state index < -0.39 is 16.4 Å². The number of amidine groups is 2. The van der Waals surface area contributed by atoms with E-state index in [0.717, 1.165) is 5.56 Å². The number of nitrogens with zero attached hydrogens (tertiary/aromatic N) is 2. The molecule has 1 amide bonds. The molecule has 0 saturated heterocycles. The van der Waals surface area contributed by atoms with Crippen molar-refractivity contribution < 1.29 is 4.79 Å². The predicted molar refractivity (Wildman–Crippen MR) is 102 cm³/mol. The first-order valence-corrected chi connectivity index (χ1v) is 8.53. The number of carbonyl (C=O) groups excluding carboxylic acids is 1. The van der Waals surface area contributed by atoms with Crippen LogP contribution in [0.2, 0.25) is 5.02 Å². The molecule has 0 saturated carbocycles. The van der Waals surface area contributed by atoms with Gasteiger partial charge >= 0.3 is 0 Å². The Labute approximate surface area is 159 Å². The molecule has 1 atom stereocenters. The highest BCUT2D eigenvalue weighted by Gasteiger charge is 2.46. The molecule has 8 heteroatoms. The van der Waals surface area contributed by atoms with Crippen LogP contribution in [0.3, 0.4) is 0 Å². The number of aliphatic imine (C=N–C) groups is 2. The molecule has 1 heterocycles. The Balaban J connectivity index is 1.95. The van der Waals surface area contributed by atoms with Gasteiger partial charge in [-0.15, -0.1) is 0 Å². The van der Waals surface area contributed by atoms with E-state index >= 15 is 0 Å². The molecule has 25 heavy (non-hydrogen) atoms. The Morgan fingerprint density at radius 1 is 1.08 bits per heavy atom. The first-order chi connectivity index (χ1) is 11.9. The van der Waals surface area contributed by atoms with Crippen molar-refractivity contribution >= 4 is 52.4 Å². The lowest BCUT2D eigenvalue weighted by Crippen LogP contribution is -2.59. The molecule has 128 valence electrons. The largest absolute Gasteiger partial charge is 0.383 e. The molecule has 1 unspecified atom stereocenters. The number of nitrogens with two attached hydrogens (primary N) is 1. The second kappa shape index (κ2) is 7.04. The van der Waals surface area contributed by atoms with Gasteiger partial charge in [0.25, 0.3) is 5.91 Å². The van der Waals surface area contributed by atoms with E-state index in [0.29, 0.717) is 16.4 Å². The zero-order chi connectivity index (χ0) is 18.0. The Bertz CT molecular complexity index is 850. The SMILES string of the molecule is NC1=NC(c2ccccc2)=NC1(NC(=O)c1ccc(Cl)cc1)C(Cl)Cl. The third kappa shape index (κ3) is 3.49. The van der Waals surface area contributed by atoms with Crippen LogP contribution in [0.5, 0.6) is 0 Å². The number of hydrogen-bond donors (Lipinski definition) is 2. The van der Waals surface area contributed by atoms with E-state index in [2.05, 4.69) is 15.3 Å². The number of carbonyl (C=O) groups is 1. The zero-order valence-corrected chi connectivity index (χ0v) is 15.1. The summed E-state index contributed by atoms with van der Waals surface area (Å²) >= 11 is 18.1. The van der Waals surface area contributed by atoms with E-state index in [1.54, 1.807) is 24.3 Å². The normalized spacial score (nSPS) is 19.5. The van der Waals surface area contributed by atoms with Crippen molar-refractivity contribution in [2.75, 3.05) is 0 Å². The zero-order valence-electron chi connectivity index (χ0n) is 12.8. The van der Waals surface area contributed by atoms with Crippen LogP contribution in [0.25, 0.3) is 0 Å². The average Bonchev–Trinajstić information content (AvgIpc) is 2.94. The van der Waals surface area contributed by atoms with Gasteiger partial charge in [0.05, 0.1) is 0 Å². The van der Waals surface area contributed by atoms with Crippen molar-refractivity contribution in [1.29, 1.82) is 0 Å². The van der Waals surface area contributed by atoms with Crippen LogP contribution in [0.15, 0.2) is 64.6 Å². The summed E-state index contributed by atoms with van der Waals surface area (Å²) in [6.07, 6.45) is 0. The summed E-state index contributed by atoms with van der Waals surface area (Å²) in [4.78, 5) is 20.1. The van der Waals surface area contributed by atoms with Crippen LogP contribution in [0.4, 0.5) is 0 Å². The monoisotopic (exact) mass is 394 g/mol.